The van der Waals surface area contributed by atoms with Crippen LogP contribution in [-0.4, -0.2) is 28.0 Å². The van der Waals surface area contributed by atoms with Gasteiger partial charge in [-0.3, -0.25) is 10.2 Å². The first kappa shape index (κ1) is 22.9. The first-order valence-electron chi connectivity index (χ1n) is 8.44. The molecule has 0 aliphatic heterocycles. The Bertz CT molecular complexity index is 1100. The van der Waals surface area contributed by atoms with Crippen molar-refractivity contribution in [1.29, 1.82) is 5.26 Å². The number of carbonyl (C=O) groups is 2. The number of esters is 1. The number of carbonyl (C=O) groups excluding carboxylic acids is 2. The minimum atomic E-state index is -1.37. The van der Waals surface area contributed by atoms with E-state index >= 15 is 0 Å². The van der Waals surface area contributed by atoms with E-state index in [-0.39, 0.29) is 33.6 Å². The van der Waals surface area contributed by atoms with Crippen molar-refractivity contribution in [2.45, 2.75) is 26.2 Å². The van der Waals surface area contributed by atoms with E-state index in [1.807, 2.05) is 13.8 Å². The molecule has 0 fully saturated rings. The summed E-state index contributed by atoms with van der Waals surface area (Å²) in [4.78, 5) is 33.9. The highest BCUT2D eigenvalue weighted by Gasteiger charge is 2.16. The van der Waals surface area contributed by atoms with Gasteiger partial charge in [0, 0.05) is 22.0 Å². The number of nitrogens with two attached hydrogens (primary N) is 1. The molecular formula is C18H16Cl2N6O4. The molecule has 1 heterocycles. The number of primary amides is 1. The largest absolute Gasteiger partial charge is 0.412 e. The van der Waals surface area contributed by atoms with Crippen molar-refractivity contribution in [1.82, 2.24) is 10.2 Å². The number of aromatic amines is 1. The number of rotatable bonds is 6. The topological polar surface area (TPSA) is 163 Å². The van der Waals surface area contributed by atoms with Crippen LogP contribution < -0.4 is 16.7 Å². The van der Waals surface area contributed by atoms with Gasteiger partial charge in [0.15, 0.2) is 0 Å². The summed E-state index contributed by atoms with van der Waals surface area (Å²) in [6.45, 7) is 3.79. The molecule has 1 amide bonds. The second kappa shape index (κ2) is 9.87. The minimum Gasteiger partial charge on any atom is -0.371 e. The third-order valence-electron chi connectivity index (χ3n) is 3.80. The Morgan fingerprint density at radius 1 is 1.33 bits per heavy atom. The number of ether oxygens (including phenoxy) is 1. The van der Waals surface area contributed by atoms with Crippen molar-refractivity contribution in [3.8, 4) is 6.07 Å². The predicted molar refractivity (Wildman–Crippen MR) is 111 cm³/mol. The van der Waals surface area contributed by atoms with Crippen LogP contribution in [0.25, 0.3) is 0 Å². The molecule has 10 nitrogen and oxygen atoms in total. The van der Waals surface area contributed by atoms with Crippen LogP contribution >= 0.6 is 23.2 Å². The van der Waals surface area contributed by atoms with Crippen molar-refractivity contribution in [2.75, 3.05) is 5.43 Å². The van der Waals surface area contributed by atoms with Crippen molar-refractivity contribution in [3.05, 3.63) is 55.4 Å². The van der Waals surface area contributed by atoms with Gasteiger partial charge in [-0.05, 0) is 29.7 Å². The van der Waals surface area contributed by atoms with Crippen LogP contribution in [0.3, 0.4) is 0 Å². The predicted octanol–water partition coefficient (Wildman–Crippen LogP) is 2.70. The summed E-state index contributed by atoms with van der Waals surface area (Å²) in [7, 11) is 0. The average Bonchev–Trinajstić information content (AvgIpc) is 2.65. The number of amides is 1. The zero-order valence-electron chi connectivity index (χ0n) is 15.8. The molecule has 1 aromatic heterocycles. The molecule has 0 spiro atoms. The lowest BCUT2D eigenvalue weighted by atomic mass is 10.0. The SMILES string of the molecule is CC(C)c1cc(Cc2c(Cl)cc(NN=C(C#N)C(=O)OC(N)=O)cc2Cl)n[nH]c1=O. The summed E-state index contributed by atoms with van der Waals surface area (Å²) in [6, 6.07) is 6.10. The maximum absolute atomic E-state index is 11.8. The summed E-state index contributed by atoms with van der Waals surface area (Å²) in [6.07, 6.45) is -1.11. The van der Waals surface area contributed by atoms with Gasteiger partial charge in [0.2, 0.25) is 5.71 Å². The summed E-state index contributed by atoms with van der Waals surface area (Å²) < 4.78 is 4.08. The first-order valence-corrected chi connectivity index (χ1v) is 9.19. The van der Waals surface area contributed by atoms with Gasteiger partial charge in [-0.15, -0.1) is 0 Å². The third-order valence-corrected chi connectivity index (χ3v) is 4.47. The maximum Gasteiger partial charge on any atom is 0.412 e. The number of H-pyrrole nitrogens is 1. The van der Waals surface area contributed by atoms with Gasteiger partial charge >= 0.3 is 12.1 Å². The Morgan fingerprint density at radius 3 is 2.50 bits per heavy atom. The standard InChI is InChI=1S/C18H16Cl2N6O4/c1-8(2)11-3-9(24-26-16(11)27)4-12-13(19)5-10(6-14(12)20)23-25-15(7-21)17(28)30-18(22)29/h3,5-6,8,23H,4H2,1-2H3,(H2,22,29)(H,26,27). The van der Waals surface area contributed by atoms with Gasteiger partial charge in [-0.2, -0.15) is 15.5 Å². The monoisotopic (exact) mass is 450 g/mol. The normalized spacial score (nSPS) is 11.1. The number of hydrogen-bond acceptors (Lipinski definition) is 8. The smallest absolute Gasteiger partial charge is 0.371 e. The average molecular weight is 451 g/mol. The van der Waals surface area contributed by atoms with Crippen LogP contribution in [0.2, 0.25) is 10.0 Å². The molecule has 156 valence electrons. The molecule has 0 saturated heterocycles. The Labute approximate surface area is 180 Å². The number of nitrogens with one attached hydrogen (secondary N) is 2. The molecule has 0 unspecified atom stereocenters. The number of benzene rings is 1. The van der Waals surface area contributed by atoms with Crippen molar-refractivity contribution < 1.29 is 14.3 Å². The lowest BCUT2D eigenvalue weighted by molar-refractivity contribution is -0.129. The second-order valence-electron chi connectivity index (χ2n) is 6.29. The molecule has 0 radical (unpaired) electrons. The number of hydrazone groups is 1. The number of hydrogen-bond donors (Lipinski definition) is 3. The van der Waals surface area contributed by atoms with Gasteiger partial charge in [0.1, 0.15) is 6.07 Å². The van der Waals surface area contributed by atoms with E-state index in [9.17, 15) is 14.4 Å². The third kappa shape index (κ3) is 5.79. The van der Waals surface area contributed by atoms with Crippen LogP contribution in [0.4, 0.5) is 10.5 Å². The molecule has 1 aromatic carbocycles. The highest BCUT2D eigenvalue weighted by atomic mass is 35.5. The van der Waals surface area contributed by atoms with E-state index in [1.54, 1.807) is 6.07 Å². The summed E-state index contributed by atoms with van der Waals surface area (Å²) >= 11 is 12.6. The highest BCUT2D eigenvalue weighted by Crippen LogP contribution is 2.31. The zero-order valence-corrected chi connectivity index (χ0v) is 17.3. The molecule has 0 bridgehead atoms. The molecule has 0 atom stereocenters. The molecule has 0 aliphatic carbocycles. The zero-order chi connectivity index (χ0) is 22.4. The van der Waals surface area contributed by atoms with Crippen LogP contribution in [0.5, 0.6) is 0 Å². The maximum atomic E-state index is 11.8. The lowest BCUT2D eigenvalue weighted by Gasteiger charge is -2.11. The lowest BCUT2D eigenvalue weighted by Crippen LogP contribution is -2.24. The molecular weight excluding hydrogens is 435 g/mol. The number of aromatic nitrogens is 2. The Morgan fingerprint density at radius 2 is 1.97 bits per heavy atom. The van der Waals surface area contributed by atoms with E-state index in [0.29, 0.717) is 16.8 Å². The van der Waals surface area contributed by atoms with Crippen LogP contribution in [0.15, 0.2) is 28.1 Å². The van der Waals surface area contributed by atoms with E-state index < -0.39 is 17.8 Å². The molecule has 4 N–H and O–H groups in total. The Kier molecular flexibility index (Phi) is 7.52. The molecule has 2 aromatic rings. The molecule has 0 aliphatic rings. The quantitative estimate of drug-likeness (QED) is 0.263. The van der Waals surface area contributed by atoms with Crippen molar-refractivity contribution in [3.63, 3.8) is 0 Å². The molecule has 12 heteroatoms. The van der Waals surface area contributed by atoms with Crippen LogP contribution in [-0.2, 0) is 16.0 Å². The van der Waals surface area contributed by atoms with E-state index in [4.69, 9.17) is 34.2 Å². The number of anilines is 1. The van der Waals surface area contributed by atoms with Crippen LogP contribution in [0.1, 0.15) is 36.6 Å². The van der Waals surface area contributed by atoms with Crippen LogP contribution in [0, 0.1) is 11.3 Å². The summed E-state index contributed by atoms with van der Waals surface area (Å²) in [5.41, 5.74) is 8.15. The summed E-state index contributed by atoms with van der Waals surface area (Å²) in [5.74, 6) is -1.29. The van der Waals surface area contributed by atoms with Gasteiger partial charge in [-0.1, -0.05) is 37.0 Å². The van der Waals surface area contributed by atoms with Gasteiger partial charge in [0.05, 0.1) is 11.4 Å². The summed E-state index contributed by atoms with van der Waals surface area (Å²) in [5, 5.41) is 19.5. The minimum absolute atomic E-state index is 0.0152. The van der Waals surface area contributed by atoms with Gasteiger partial charge in [-0.25, -0.2) is 14.7 Å². The van der Waals surface area contributed by atoms with Crippen molar-refractivity contribution in [2.24, 2.45) is 10.8 Å². The van der Waals surface area contributed by atoms with Gasteiger partial charge < -0.3 is 10.5 Å². The van der Waals surface area contributed by atoms with E-state index in [2.05, 4.69) is 25.5 Å². The Balaban J connectivity index is 2.26. The van der Waals surface area contributed by atoms with E-state index in [1.165, 1.54) is 18.2 Å². The number of nitriles is 1. The Hall–Kier alpha value is -3.42. The van der Waals surface area contributed by atoms with Gasteiger partial charge in [0.25, 0.3) is 5.56 Å². The first-order chi connectivity index (χ1) is 14.1. The number of nitrogens with zero attached hydrogens (tertiary/aromatic N) is 3. The van der Waals surface area contributed by atoms with Crippen molar-refractivity contribution >= 4 is 46.7 Å². The molecule has 2 rings (SSSR count). The fourth-order valence-electron chi connectivity index (χ4n) is 2.38. The molecule has 30 heavy (non-hydrogen) atoms. The second-order valence-corrected chi connectivity index (χ2v) is 7.10. The molecule has 0 saturated carbocycles. The highest BCUT2D eigenvalue weighted by molar-refractivity contribution is 6.44. The van der Waals surface area contributed by atoms with E-state index in [0.717, 1.165) is 0 Å². The fraction of sp³-hybridized carbons (Fsp3) is 0.222. The number of halogens is 2. The fourth-order valence-corrected chi connectivity index (χ4v) is 3.00.